The van der Waals surface area contributed by atoms with Crippen LogP contribution in [0.4, 0.5) is 0 Å². The minimum atomic E-state index is 0.590. The van der Waals surface area contributed by atoms with Gasteiger partial charge in [0.05, 0.1) is 18.8 Å². The van der Waals surface area contributed by atoms with Gasteiger partial charge in [0.25, 0.3) is 0 Å². The number of ether oxygens (including phenoxy) is 1. The largest absolute Gasteiger partial charge is 0.493 e. The van der Waals surface area contributed by atoms with Crippen LogP contribution in [0.15, 0.2) is 39.8 Å². The number of benzene rings is 1. The van der Waals surface area contributed by atoms with E-state index in [0.717, 1.165) is 36.5 Å². The SMILES string of the molecule is c1ccc2c(c1)OCCC1=C2N=C(C2CCCCC2)N2CCN=C12. The third-order valence-electron chi connectivity index (χ3n) is 5.62. The second-order valence-electron chi connectivity index (χ2n) is 7.08. The molecule has 1 fully saturated rings. The number of rotatable bonds is 1. The summed E-state index contributed by atoms with van der Waals surface area (Å²) in [6.45, 7) is 2.58. The van der Waals surface area contributed by atoms with Crippen LogP contribution in [-0.4, -0.2) is 36.3 Å². The number of amidine groups is 2. The lowest BCUT2D eigenvalue weighted by Crippen LogP contribution is -2.42. The molecule has 5 rings (SSSR count). The van der Waals surface area contributed by atoms with Crippen LogP contribution in [0.1, 0.15) is 44.1 Å². The zero-order valence-electron chi connectivity index (χ0n) is 14.0. The molecule has 4 heteroatoms. The summed E-state index contributed by atoms with van der Waals surface area (Å²) in [5, 5.41) is 0. The molecule has 24 heavy (non-hydrogen) atoms. The van der Waals surface area contributed by atoms with E-state index in [1.807, 2.05) is 6.07 Å². The standard InChI is InChI=1S/C20H23N3O/c1-2-6-14(7-3-1)19-22-18-15-8-4-5-9-17(15)24-13-10-16(18)20-21-11-12-23(19)20/h4-5,8-9,14H,1-3,6-7,10-13H2. The summed E-state index contributed by atoms with van der Waals surface area (Å²) >= 11 is 0. The second-order valence-corrected chi connectivity index (χ2v) is 7.08. The molecule has 0 spiro atoms. The molecular weight excluding hydrogens is 298 g/mol. The van der Waals surface area contributed by atoms with Gasteiger partial charge < -0.3 is 9.64 Å². The van der Waals surface area contributed by atoms with E-state index in [-0.39, 0.29) is 0 Å². The summed E-state index contributed by atoms with van der Waals surface area (Å²) in [6.07, 6.45) is 7.45. The highest BCUT2D eigenvalue weighted by atomic mass is 16.5. The molecule has 1 saturated carbocycles. The maximum Gasteiger partial charge on any atom is 0.134 e. The molecule has 3 aliphatic heterocycles. The third-order valence-corrected chi connectivity index (χ3v) is 5.62. The monoisotopic (exact) mass is 321 g/mol. The first kappa shape index (κ1) is 14.3. The Kier molecular flexibility index (Phi) is 3.42. The van der Waals surface area contributed by atoms with Crippen molar-refractivity contribution in [3.8, 4) is 5.75 Å². The van der Waals surface area contributed by atoms with Gasteiger partial charge in [0, 0.05) is 30.0 Å². The molecule has 1 aliphatic carbocycles. The fourth-order valence-corrected chi connectivity index (χ4v) is 4.45. The number of para-hydroxylation sites is 1. The third kappa shape index (κ3) is 2.20. The Morgan fingerprint density at radius 3 is 2.88 bits per heavy atom. The van der Waals surface area contributed by atoms with Gasteiger partial charge in [0.2, 0.25) is 0 Å². The molecule has 0 unspecified atom stereocenters. The van der Waals surface area contributed by atoms with E-state index >= 15 is 0 Å². The maximum atomic E-state index is 5.99. The Morgan fingerprint density at radius 2 is 1.96 bits per heavy atom. The molecule has 0 atom stereocenters. The Morgan fingerprint density at radius 1 is 1.08 bits per heavy atom. The van der Waals surface area contributed by atoms with E-state index in [4.69, 9.17) is 14.7 Å². The fraction of sp³-hybridized carbons (Fsp3) is 0.500. The summed E-state index contributed by atoms with van der Waals surface area (Å²) in [7, 11) is 0. The molecule has 0 N–H and O–H groups in total. The van der Waals surface area contributed by atoms with Crippen molar-refractivity contribution < 1.29 is 4.74 Å². The normalized spacial score (nSPS) is 23.6. The predicted octanol–water partition coefficient (Wildman–Crippen LogP) is 3.89. The van der Waals surface area contributed by atoms with Crippen molar-refractivity contribution in [1.29, 1.82) is 0 Å². The van der Waals surface area contributed by atoms with Gasteiger partial charge in [-0.2, -0.15) is 0 Å². The minimum absolute atomic E-state index is 0.590. The fourth-order valence-electron chi connectivity index (χ4n) is 4.45. The van der Waals surface area contributed by atoms with E-state index in [2.05, 4.69) is 23.1 Å². The van der Waals surface area contributed by atoms with Gasteiger partial charge in [0.15, 0.2) is 0 Å². The van der Waals surface area contributed by atoms with Crippen LogP contribution < -0.4 is 4.74 Å². The van der Waals surface area contributed by atoms with E-state index in [1.54, 1.807) is 0 Å². The molecule has 1 aromatic rings. The van der Waals surface area contributed by atoms with Crippen molar-refractivity contribution in [3.63, 3.8) is 0 Å². The summed E-state index contributed by atoms with van der Waals surface area (Å²) in [5.74, 6) is 3.98. The molecule has 4 aliphatic rings. The van der Waals surface area contributed by atoms with Crippen LogP contribution in [0, 0.1) is 5.92 Å². The lowest BCUT2D eigenvalue weighted by Gasteiger charge is -2.34. The lowest BCUT2D eigenvalue weighted by atomic mass is 9.86. The van der Waals surface area contributed by atoms with E-state index in [1.165, 1.54) is 49.3 Å². The van der Waals surface area contributed by atoms with Crippen molar-refractivity contribution in [2.75, 3.05) is 19.7 Å². The van der Waals surface area contributed by atoms with E-state index in [0.29, 0.717) is 12.5 Å². The van der Waals surface area contributed by atoms with Crippen LogP contribution in [0.25, 0.3) is 5.70 Å². The molecule has 3 heterocycles. The van der Waals surface area contributed by atoms with Crippen molar-refractivity contribution in [3.05, 3.63) is 35.4 Å². The molecule has 4 nitrogen and oxygen atoms in total. The minimum Gasteiger partial charge on any atom is -0.493 e. The van der Waals surface area contributed by atoms with Gasteiger partial charge in [-0.05, 0) is 25.0 Å². The molecular formula is C20H23N3O. The van der Waals surface area contributed by atoms with Crippen LogP contribution in [0.3, 0.4) is 0 Å². The number of fused-ring (bicyclic) bond motifs is 4. The Balaban J connectivity index is 1.66. The van der Waals surface area contributed by atoms with Crippen molar-refractivity contribution in [2.24, 2.45) is 15.9 Å². The maximum absolute atomic E-state index is 5.99. The lowest BCUT2D eigenvalue weighted by molar-refractivity contribution is 0.325. The zero-order chi connectivity index (χ0) is 15.9. The number of nitrogens with zero attached hydrogens (tertiary/aromatic N) is 3. The van der Waals surface area contributed by atoms with Crippen molar-refractivity contribution in [1.82, 2.24) is 4.90 Å². The van der Waals surface area contributed by atoms with Crippen LogP contribution in [-0.2, 0) is 0 Å². The quantitative estimate of drug-likeness (QED) is 0.787. The highest BCUT2D eigenvalue weighted by Gasteiger charge is 2.36. The first-order valence-electron chi connectivity index (χ1n) is 9.28. The van der Waals surface area contributed by atoms with E-state index < -0.39 is 0 Å². The Hall–Kier alpha value is -2.10. The molecule has 0 saturated heterocycles. The summed E-state index contributed by atoms with van der Waals surface area (Å²) in [5.41, 5.74) is 3.52. The van der Waals surface area contributed by atoms with Crippen LogP contribution in [0.5, 0.6) is 5.75 Å². The first-order chi connectivity index (χ1) is 11.9. The van der Waals surface area contributed by atoms with Crippen molar-refractivity contribution in [2.45, 2.75) is 38.5 Å². The smallest absolute Gasteiger partial charge is 0.134 e. The Labute approximate surface area is 142 Å². The zero-order valence-corrected chi connectivity index (χ0v) is 14.0. The average molecular weight is 321 g/mol. The first-order valence-corrected chi connectivity index (χ1v) is 9.28. The van der Waals surface area contributed by atoms with Gasteiger partial charge in [0.1, 0.15) is 17.4 Å². The molecule has 0 aromatic heterocycles. The van der Waals surface area contributed by atoms with Crippen LogP contribution in [0.2, 0.25) is 0 Å². The Bertz CT molecular complexity index is 756. The summed E-state index contributed by atoms with van der Waals surface area (Å²) < 4.78 is 5.99. The average Bonchev–Trinajstić information content (AvgIpc) is 3.05. The molecule has 0 radical (unpaired) electrons. The van der Waals surface area contributed by atoms with Gasteiger partial charge in [-0.1, -0.05) is 31.4 Å². The molecule has 0 bridgehead atoms. The highest BCUT2D eigenvalue weighted by Crippen LogP contribution is 2.40. The topological polar surface area (TPSA) is 37.2 Å². The van der Waals surface area contributed by atoms with Gasteiger partial charge in [-0.15, -0.1) is 0 Å². The highest BCUT2D eigenvalue weighted by molar-refractivity contribution is 6.18. The summed E-state index contributed by atoms with van der Waals surface area (Å²) in [4.78, 5) is 12.5. The predicted molar refractivity (Wildman–Crippen MR) is 96.5 cm³/mol. The van der Waals surface area contributed by atoms with Crippen LogP contribution >= 0.6 is 0 Å². The summed E-state index contributed by atoms with van der Waals surface area (Å²) in [6, 6.07) is 8.32. The molecule has 1 aromatic carbocycles. The second kappa shape index (κ2) is 5.76. The molecule has 0 amide bonds. The number of hydrogen-bond acceptors (Lipinski definition) is 4. The number of aliphatic imine (C=N–C) groups is 2. The van der Waals surface area contributed by atoms with Gasteiger partial charge in [-0.25, -0.2) is 4.99 Å². The van der Waals surface area contributed by atoms with Gasteiger partial charge in [-0.3, -0.25) is 4.99 Å². The van der Waals surface area contributed by atoms with E-state index in [9.17, 15) is 0 Å². The van der Waals surface area contributed by atoms with Gasteiger partial charge >= 0.3 is 0 Å². The molecule has 124 valence electrons. The van der Waals surface area contributed by atoms with Crippen molar-refractivity contribution >= 4 is 17.4 Å². The number of hydrogen-bond donors (Lipinski definition) is 0.